The molecule has 0 bridgehead atoms. The number of carboxylic acid groups (broad SMARTS) is 1. The molecule has 0 aliphatic rings. The Morgan fingerprint density at radius 3 is 2.38 bits per heavy atom. The number of unbranched alkanes of at least 4 members (excludes halogenated alkanes) is 1. The topological polar surface area (TPSA) is 55.8 Å². The molecule has 0 saturated heterocycles. The average molecular weight is 328 g/mol. The molecular weight excluding hydrogens is 304 g/mol. The van der Waals surface area contributed by atoms with E-state index < -0.39 is 12.1 Å². The van der Waals surface area contributed by atoms with Crippen molar-refractivity contribution in [2.45, 2.75) is 38.7 Å². The van der Waals surface area contributed by atoms with Gasteiger partial charge < -0.3 is 14.6 Å². The fourth-order valence-electron chi connectivity index (χ4n) is 2.46. The van der Waals surface area contributed by atoms with Crippen LogP contribution in [0.25, 0.3) is 0 Å². The molecule has 0 aliphatic heterocycles. The zero-order valence-electron chi connectivity index (χ0n) is 14.2. The Kier molecular flexibility index (Phi) is 6.67. The number of methoxy groups -OCH3 is 1. The average Bonchev–Trinajstić information content (AvgIpc) is 2.60. The van der Waals surface area contributed by atoms with Gasteiger partial charge in [-0.1, -0.05) is 43.7 Å². The predicted molar refractivity (Wildman–Crippen MR) is 93.8 cm³/mol. The lowest BCUT2D eigenvalue weighted by molar-refractivity contribution is -0.145. The summed E-state index contributed by atoms with van der Waals surface area (Å²) in [5, 5.41) is 9.44. The van der Waals surface area contributed by atoms with Gasteiger partial charge in [0.1, 0.15) is 11.5 Å². The highest BCUT2D eigenvalue weighted by atomic mass is 16.5. The molecule has 0 amide bonds. The molecule has 0 aromatic heterocycles. The SMILES string of the molecule is CCCCc1ccc(CC(Oc2cccc(OC)c2)C(=O)O)cc1. The molecule has 1 atom stereocenters. The van der Waals surface area contributed by atoms with Crippen LogP contribution in [0.2, 0.25) is 0 Å². The first-order valence-corrected chi connectivity index (χ1v) is 8.23. The lowest BCUT2D eigenvalue weighted by Crippen LogP contribution is -2.29. The van der Waals surface area contributed by atoms with Gasteiger partial charge in [-0.15, -0.1) is 0 Å². The van der Waals surface area contributed by atoms with E-state index in [0.717, 1.165) is 24.8 Å². The maximum atomic E-state index is 11.5. The molecule has 2 aromatic carbocycles. The number of aliphatic carboxylic acids is 1. The number of hydrogen-bond donors (Lipinski definition) is 1. The van der Waals surface area contributed by atoms with Crippen LogP contribution in [0.4, 0.5) is 0 Å². The molecule has 0 spiro atoms. The molecular formula is C20H24O4. The van der Waals surface area contributed by atoms with Crippen molar-refractivity contribution in [2.24, 2.45) is 0 Å². The van der Waals surface area contributed by atoms with Gasteiger partial charge in [0.15, 0.2) is 6.10 Å². The van der Waals surface area contributed by atoms with Gasteiger partial charge in [0.2, 0.25) is 0 Å². The second kappa shape index (κ2) is 8.96. The summed E-state index contributed by atoms with van der Waals surface area (Å²) in [6.45, 7) is 2.17. The fourth-order valence-corrected chi connectivity index (χ4v) is 2.46. The molecule has 1 N–H and O–H groups in total. The van der Waals surface area contributed by atoms with Crippen LogP contribution in [0.3, 0.4) is 0 Å². The molecule has 2 aromatic rings. The Balaban J connectivity index is 2.03. The monoisotopic (exact) mass is 328 g/mol. The van der Waals surface area contributed by atoms with Crippen molar-refractivity contribution in [2.75, 3.05) is 7.11 Å². The van der Waals surface area contributed by atoms with Crippen molar-refractivity contribution in [3.8, 4) is 11.5 Å². The largest absolute Gasteiger partial charge is 0.497 e. The van der Waals surface area contributed by atoms with Crippen LogP contribution in [0.1, 0.15) is 30.9 Å². The summed E-state index contributed by atoms with van der Waals surface area (Å²) in [7, 11) is 1.56. The third kappa shape index (κ3) is 5.30. The number of aryl methyl sites for hydroxylation is 1. The van der Waals surface area contributed by atoms with Crippen LogP contribution >= 0.6 is 0 Å². The van der Waals surface area contributed by atoms with Crippen molar-refractivity contribution in [1.82, 2.24) is 0 Å². The van der Waals surface area contributed by atoms with Gasteiger partial charge in [-0.25, -0.2) is 4.79 Å². The van der Waals surface area contributed by atoms with Crippen molar-refractivity contribution < 1.29 is 19.4 Å². The Morgan fingerprint density at radius 1 is 1.08 bits per heavy atom. The minimum Gasteiger partial charge on any atom is -0.497 e. The zero-order chi connectivity index (χ0) is 17.4. The highest BCUT2D eigenvalue weighted by Gasteiger charge is 2.20. The van der Waals surface area contributed by atoms with E-state index in [1.54, 1.807) is 31.4 Å². The maximum Gasteiger partial charge on any atom is 0.345 e. The molecule has 0 aliphatic carbocycles. The minimum atomic E-state index is -0.979. The van der Waals surface area contributed by atoms with Gasteiger partial charge >= 0.3 is 5.97 Å². The highest BCUT2D eigenvalue weighted by Crippen LogP contribution is 2.21. The molecule has 4 nitrogen and oxygen atoms in total. The van der Waals surface area contributed by atoms with E-state index in [4.69, 9.17) is 9.47 Å². The fraction of sp³-hybridized carbons (Fsp3) is 0.350. The van der Waals surface area contributed by atoms with Crippen LogP contribution in [-0.2, 0) is 17.6 Å². The third-order valence-corrected chi connectivity index (χ3v) is 3.86. The lowest BCUT2D eigenvalue weighted by atomic mass is 10.0. The van der Waals surface area contributed by atoms with E-state index in [1.165, 1.54) is 5.56 Å². The smallest absolute Gasteiger partial charge is 0.345 e. The van der Waals surface area contributed by atoms with Gasteiger partial charge in [0.05, 0.1) is 7.11 Å². The van der Waals surface area contributed by atoms with E-state index in [2.05, 4.69) is 19.1 Å². The Morgan fingerprint density at radius 2 is 1.75 bits per heavy atom. The summed E-state index contributed by atoms with van der Waals surface area (Å²) >= 11 is 0. The third-order valence-electron chi connectivity index (χ3n) is 3.86. The number of ether oxygens (including phenoxy) is 2. The Labute approximate surface area is 143 Å². The van der Waals surface area contributed by atoms with E-state index in [1.807, 2.05) is 12.1 Å². The summed E-state index contributed by atoms with van der Waals surface area (Å²) in [6, 6.07) is 15.1. The predicted octanol–water partition coefficient (Wildman–Crippen LogP) is 4.11. The summed E-state index contributed by atoms with van der Waals surface area (Å²) in [5.41, 5.74) is 2.23. The minimum absolute atomic E-state index is 0.320. The molecule has 4 heteroatoms. The molecule has 128 valence electrons. The van der Waals surface area contributed by atoms with Crippen LogP contribution in [-0.4, -0.2) is 24.3 Å². The first-order valence-electron chi connectivity index (χ1n) is 8.23. The van der Waals surface area contributed by atoms with Gasteiger partial charge in [-0.3, -0.25) is 0 Å². The number of carbonyl (C=O) groups is 1. The van der Waals surface area contributed by atoms with Crippen LogP contribution in [0.5, 0.6) is 11.5 Å². The zero-order valence-corrected chi connectivity index (χ0v) is 14.2. The molecule has 0 saturated carbocycles. The number of rotatable bonds is 9. The molecule has 0 radical (unpaired) electrons. The van der Waals surface area contributed by atoms with Crippen LogP contribution < -0.4 is 9.47 Å². The first-order chi connectivity index (χ1) is 11.6. The number of carboxylic acids is 1. The van der Waals surface area contributed by atoms with Crippen molar-refractivity contribution in [1.29, 1.82) is 0 Å². The quantitative estimate of drug-likeness (QED) is 0.752. The lowest BCUT2D eigenvalue weighted by Gasteiger charge is -2.16. The van der Waals surface area contributed by atoms with Gasteiger partial charge in [-0.2, -0.15) is 0 Å². The molecule has 2 rings (SSSR count). The van der Waals surface area contributed by atoms with E-state index >= 15 is 0 Å². The number of benzene rings is 2. The van der Waals surface area contributed by atoms with Crippen LogP contribution in [0, 0.1) is 0 Å². The highest BCUT2D eigenvalue weighted by molar-refractivity contribution is 5.73. The van der Waals surface area contributed by atoms with Crippen molar-refractivity contribution in [3.05, 3.63) is 59.7 Å². The van der Waals surface area contributed by atoms with E-state index in [0.29, 0.717) is 17.9 Å². The second-order valence-corrected chi connectivity index (χ2v) is 5.75. The maximum absolute atomic E-state index is 11.5. The van der Waals surface area contributed by atoms with Gasteiger partial charge in [0.25, 0.3) is 0 Å². The van der Waals surface area contributed by atoms with Crippen molar-refractivity contribution >= 4 is 5.97 Å². The van der Waals surface area contributed by atoms with Crippen LogP contribution in [0.15, 0.2) is 48.5 Å². The summed E-state index contributed by atoms with van der Waals surface area (Å²) in [6.07, 6.45) is 2.77. The molecule has 0 fully saturated rings. The molecule has 1 unspecified atom stereocenters. The van der Waals surface area contributed by atoms with E-state index in [9.17, 15) is 9.90 Å². The summed E-state index contributed by atoms with van der Waals surface area (Å²) < 4.78 is 10.8. The Hall–Kier alpha value is -2.49. The first kappa shape index (κ1) is 17.9. The molecule has 0 heterocycles. The Bertz CT molecular complexity index is 649. The van der Waals surface area contributed by atoms with E-state index in [-0.39, 0.29) is 0 Å². The second-order valence-electron chi connectivity index (χ2n) is 5.75. The van der Waals surface area contributed by atoms with Gasteiger partial charge in [-0.05, 0) is 36.1 Å². The standard InChI is InChI=1S/C20H24O4/c1-3-4-6-15-9-11-16(12-10-15)13-19(20(21)22)24-18-8-5-7-17(14-18)23-2/h5,7-12,14,19H,3-4,6,13H2,1-2H3,(H,21,22). The molecule has 24 heavy (non-hydrogen) atoms. The van der Waals surface area contributed by atoms with Gasteiger partial charge in [0, 0.05) is 12.5 Å². The number of hydrogen-bond acceptors (Lipinski definition) is 3. The van der Waals surface area contributed by atoms with Crippen molar-refractivity contribution in [3.63, 3.8) is 0 Å². The summed E-state index contributed by atoms with van der Waals surface area (Å²) in [4.78, 5) is 11.5. The summed E-state index contributed by atoms with van der Waals surface area (Å²) in [5.74, 6) is 0.145. The normalized spacial score (nSPS) is 11.8.